The Kier molecular flexibility index (Phi) is 5.85. The van der Waals surface area contributed by atoms with Gasteiger partial charge in [-0.2, -0.15) is 0 Å². The van der Waals surface area contributed by atoms with Crippen molar-refractivity contribution in [3.05, 3.63) is 0 Å². The maximum atomic E-state index is 9.39. The molecule has 3 heteroatoms. The van der Waals surface area contributed by atoms with Crippen molar-refractivity contribution in [1.82, 2.24) is 0 Å². The molecule has 1 radical (unpaired) electrons. The summed E-state index contributed by atoms with van der Waals surface area (Å²) in [7, 11) is 0. The molecule has 41 valence electrons. The minimum Gasteiger partial charge on any atom is -0.372 e. The highest BCUT2D eigenvalue weighted by Gasteiger charge is 1.80. The molecule has 0 saturated carbocycles. The van der Waals surface area contributed by atoms with E-state index in [2.05, 4.69) is 4.74 Å². The van der Waals surface area contributed by atoms with E-state index < -0.39 is 0 Å². The molecular formula is C4H6ClO2. The summed E-state index contributed by atoms with van der Waals surface area (Å²) in [6.45, 7) is 0.462. The van der Waals surface area contributed by atoms with Crippen LogP contribution in [0, 0.1) is 0 Å². The first-order valence-corrected chi connectivity index (χ1v) is 2.44. The molecule has 0 heterocycles. The molecule has 0 unspecified atom stereocenters. The van der Waals surface area contributed by atoms with Gasteiger partial charge in [0, 0.05) is 5.88 Å². The van der Waals surface area contributed by atoms with Gasteiger partial charge in [0.25, 0.3) is 0 Å². The summed E-state index contributed by atoms with van der Waals surface area (Å²) in [4.78, 5) is 9.39. The monoisotopic (exact) mass is 121 g/mol. The van der Waals surface area contributed by atoms with Crippen LogP contribution in [0.25, 0.3) is 0 Å². The van der Waals surface area contributed by atoms with Gasteiger partial charge in [-0.3, -0.25) is 4.79 Å². The summed E-state index contributed by atoms with van der Waals surface area (Å²) in [6, 6.07) is 0. The Labute approximate surface area is 47.4 Å². The van der Waals surface area contributed by atoms with E-state index in [0.29, 0.717) is 12.5 Å². The number of hydrogen-bond donors (Lipinski definition) is 0. The standard InChI is InChI=1S/C4H6ClO2/c5-1-3-7-4-2-6/h1,3-4H2. The Hall–Kier alpha value is -0.0800. The Bertz CT molecular complexity index is 47.0. The van der Waals surface area contributed by atoms with E-state index >= 15 is 0 Å². The van der Waals surface area contributed by atoms with E-state index in [9.17, 15) is 4.79 Å². The van der Waals surface area contributed by atoms with Gasteiger partial charge in [0.05, 0.1) is 6.61 Å². The maximum absolute atomic E-state index is 9.39. The van der Waals surface area contributed by atoms with Crippen molar-refractivity contribution in [2.45, 2.75) is 0 Å². The SMILES string of the molecule is O=[C]COCCCl. The first-order valence-electron chi connectivity index (χ1n) is 1.90. The van der Waals surface area contributed by atoms with Crippen LogP contribution in [-0.4, -0.2) is 25.4 Å². The molecule has 0 aliphatic heterocycles. The van der Waals surface area contributed by atoms with Crippen molar-refractivity contribution in [3.8, 4) is 0 Å². The molecule has 0 aliphatic rings. The lowest BCUT2D eigenvalue weighted by atomic mass is 10.8. The van der Waals surface area contributed by atoms with Gasteiger partial charge in [-0.05, 0) is 0 Å². The predicted molar refractivity (Wildman–Crippen MR) is 27.2 cm³/mol. The molecule has 0 aromatic heterocycles. The molecule has 0 aliphatic carbocycles. The number of alkyl halides is 1. The largest absolute Gasteiger partial charge is 0.372 e. The summed E-state index contributed by atoms with van der Waals surface area (Å²) in [5, 5.41) is 0. The van der Waals surface area contributed by atoms with E-state index in [4.69, 9.17) is 11.6 Å². The molecule has 2 nitrogen and oxygen atoms in total. The van der Waals surface area contributed by atoms with Crippen LogP contribution in [-0.2, 0) is 9.53 Å². The van der Waals surface area contributed by atoms with E-state index in [1.807, 2.05) is 0 Å². The van der Waals surface area contributed by atoms with Crippen LogP contribution in [0.1, 0.15) is 0 Å². The zero-order valence-electron chi connectivity index (χ0n) is 3.82. The summed E-state index contributed by atoms with van der Waals surface area (Å²) in [5.41, 5.74) is 0. The lowest BCUT2D eigenvalue weighted by molar-refractivity contribution is 0.186. The highest BCUT2D eigenvalue weighted by Crippen LogP contribution is 1.74. The fourth-order valence-corrected chi connectivity index (χ4v) is 0.277. The van der Waals surface area contributed by atoms with Crippen LogP contribution in [0.4, 0.5) is 0 Å². The molecule has 0 rings (SSSR count). The fraction of sp³-hybridized carbons (Fsp3) is 0.750. The van der Waals surface area contributed by atoms with E-state index in [0.717, 1.165) is 0 Å². The minimum absolute atomic E-state index is 0.0344. The van der Waals surface area contributed by atoms with Crippen LogP contribution in [0.2, 0.25) is 0 Å². The first kappa shape index (κ1) is 6.92. The lowest BCUT2D eigenvalue weighted by Gasteiger charge is -1.89. The van der Waals surface area contributed by atoms with Gasteiger partial charge < -0.3 is 4.74 Å². The molecule has 0 atom stereocenters. The molecule has 0 aromatic rings. The molecule has 0 saturated heterocycles. The average Bonchev–Trinajstić information content (AvgIpc) is 1.69. The van der Waals surface area contributed by atoms with Crippen molar-refractivity contribution in [3.63, 3.8) is 0 Å². The second kappa shape index (κ2) is 5.92. The minimum atomic E-state index is 0.0344. The fourth-order valence-electron chi connectivity index (χ4n) is 0.168. The van der Waals surface area contributed by atoms with Crippen molar-refractivity contribution in [1.29, 1.82) is 0 Å². The number of halogens is 1. The smallest absolute Gasteiger partial charge is 0.226 e. The summed E-state index contributed by atoms with van der Waals surface area (Å²) in [5.74, 6) is 0.432. The topological polar surface area (TPSA) is 26.3 Å². The molecule has 0 spiro atoms. The molecule has 7 heavy (non-hydrogen) atoms. The summed E-state index contributed by atoms with van der Waals surface area (Å²) < 4.78 is 4.58. The molecule has 0 fully saturated rings. The third-order valence-electron chi connectivity index (χ3n) is 0.382. The van der Waals surface area contributed by atoms with Gasteiger partial charge in [-0.1, -0.05) is 0 Å². The van der Waals surface area contributed by atoms with E-state index in [1.165, 1.54) is 0 Å². The van der Waals surface area contributed by atoms with Gasteiger partial charge in [0.2, 0.25) is 6.29 Å². The third-order valence-corrected chi connectivity index (χ3v) is 0.537. The zero-order chi connectivity index (χ0) is 5.54. The van der Waals surface area contributed by atoms with Crippen LogP contribution in [0.3, 0.4) is 0 Å². The van der Waals surface area contributed by atoms with Crippen molar-refractivity contribution in [2.75, 3.05) is 19.1 Å². The average molecular weight is 122 g/mol. The van der Waals surface area contributed by atoms with Crippen molar-refractivity contribution >= 4 is 17.9 Å². The third kappa shape index (κ3) is 5.92. The van der Waals surface area contributed by atoms with Gasteiger partial charge in [0.15, 0.2) is 0 Å². The Morgan fingerprint density at radius 2 is 2.43 bits per heavy atom. The molecule has 0 N–H and O–H groups in total. The molecule has 0 aromatic carbocycles. The van der Waals surface area contributed by atoms with Gasteiger partial charge in [-0.25, -0.2) is 0 Å². The second-order valence-corrected chi connectivity index (χ2v) is 1.26. The maximum Gasteiger partial charge on any atom is 0.226 e. The normalized spacial score (nSPS) is 8.71. The number of ether oxygens (including phenoxy) is 1. The molecule has 0 bridgehead atoms. The second-order valence-electron chi connectivity index (χ2n) is 0.886. The number of hydrogen-bond acceptors (Lipinski definition) is 2. The highest BCUT2D eigenvalue weighted by molar-refractivity contribution is 6.17. The zero-order valence-corrected chi connectivity index (χ0v) is 4.57. The van der Waals surface area contributed by atoms with Crippen LogP contribution >= 0.6 is 11.6 Å². The van der Waals surface area contributed by atoms with E-state index in [1.54, 1.807) is 6.29 Å². The number of rotatable bonds is 4. The van der Waals surface area contributed by atoms with Crippen molar-refractivity contribution < 1.29 is 9.53 Å². The predicted octanol–water partition coefficient (Wildman–Crippen LogP) is 0.351. The summed E-state index contributed by atoms with van der Waals surface area (Å²) in [6.07, 6.45) is 1.57. The Morgan fingerprint density at radius 3 is 2.86 bits per heavy atom. The van der Waals surface area contributed by atoms with Crippen LogP contribution in [0.5, 0.6) is 0 Å². The van der Waals surface area contributed by atoms with Gasteiger partial charge in [-0.15, -0.1) is 11.6 Å². The quantitative estimate of drug-likeness (QED) is 0.396. The molecule has 0 amide bonds. The first-order chi connectivity index (χ1) is 3.41. The Balaban J connectivity index is 2.56. The van der Waals surface area contributed by atoms with Crippen LogP contribution < -0.4 is 0 Å². The van der Waals surface area contributed by atoms with Gasteiger partial charge in [0.1, 0.15) is 6.61 Å². The lowest BCUT2D eigenvalue weighted by Crippen LogP contribution is -1.97. The van der Waals surface area contributed by atoms with Gasteiger partial charge >= 0.3 is 0 Å². The Morgan fingerprint density at radius 1 is 1.71 bits per heavy atom. The number of carbonyl (C=O) groups excluding carboxylic acids is 1. The van der Waals surface area contributed by atoms with E-state index in [-0.39, 0.29) is 6.61 Å². The highest BCUT2D eigenvalue weighted by atomic mass is 35.5. The molecular weight excluding hydrogens is 115 g/mol. The van der Waals surface area contributed by atoms with Crippen molar-refractivity contribution in [2.24, 2.45) is 0 Å². The summed E-state index contributed by atoms with van der Waals surface area (Å²) >= 11 is 5.18. The van der Waals surface area contributed by atoms with Crippen LogP contribution in [0.15, 0.2) is 0 Å².